The fraction of sp³-hybridized carbons (Fsp3) is 0.400. The SMILES string of the molecule is CN(CCCN)c1ccc(F)c(F)c1F. The largest absolute Gasteiger partial charge is 0.372 e. The molecule has 0 aliphatic carbocycles. The number of benzene rings is 1. The molecule has 0 atom stereocenters. The lowest BCUT2D eigenvalue weighted by Gasteiger charge is -2.19. The van der Waals surface area contributed by atoms with Crippen LogP contribution in [0.3, 0.4) is 0 Å². The summed E-state index contributed by atoms with van der Waals surface area (Å²) in [5.41, 5.74) is 5.34. The summed E-state index contributed by atoms with van der Waals surface area (Å²) in [4.78, 5) is 1.50. The van der Waals surface area contributed by atoms with Crippen molar-refractivity contribution in [1.29, 1.82) is 0 Å². The normalized spacial score (nSPS) is 10.5. The Hall–Kier alpha value is -1.23. The zero-order chi connectivity index (χ0) is 11.4. The second kappa shape index (κ2) is 5.02. The Kier molecular flexibility index (Phi) is 3.96. The molecule has 0 bridgehead atoms. The maximum atomic E-state index is 13.3. The third-order valence-electron chi connectivity index (χ3n) is 2.12. The Morgan fingerprint density at radius 2 is 1.87 bits per heavy atom. The van der Waals surface area contributed by atoms with Gasteiger partial charge in [0.2, 0.25) is 0 Å². The fourth-order valence-corrected chi connectivity index (χ4v) is 1.26. The average molecular weight is 218 g/mol. The number of rotatable bonds is 4. The van der Waals surface area contributed by atoms with Crippen molar-refractivity contribution in [1.82, 2.24) is 0 Å². The second-order valence-electron chi connectivity index (χ2n) is 3.26. The number of nitrogens with two attached hydrogens (primary N) is 1. The van der Waals surface area contributed by atoms with Crippen molar-refractivity contribution in [2.75, 3.05) is 25.0 Å². The van der Waals surface area contributed by atoms with Gasteiger partial charge >= 0.3 is 0 Å². The van der Waals surface area contributed by atoms with Crippen LogP contribution in [0.2, 0.25) is 0 Å². The smallest absolute Gasteiger partial charge is 0.196 e. The number of halogens is 3. The average Bonchev–Trinajstić information content (AvgIpc) is 2.23. The molecule has 0 saturated heterocycles. The lowest BCUT2D eigenvalue weighted by atomic mass is 10.2. The van der Waals surface area contributed by atoms with Gasteiger partial charge in [-0.1, -0.05) is 0 Å². The molecule has 0 spiro atoms. The standard InChI is InChI=1S/C10H13F3N2/c1-15(6-2-5-14)8-4-3-7(11)9(12)10(8)13/h3-4H,2,5-6,14H2,1H3. The molecule has 0 fully saturated rings. The van der Waals surface area contributed by atoms with E-state index in [1.54, 1.807) is 7.05 Å². The summed E-state index contributed by atoms with van der Waals surface area (Å²) in [6.07, 6.45) is 0.662. The van der Waals surface area contributed by atoms with Crippen LogP contribution >= 0.6 is 0 Å². The lowest BCUT2D eigenvalue weighted by molar-refractivity contribution is 0.447. The third-order valence-corrected chi connectivity index (χ3v) is 2.12. The van der Waals surface area contributed by atoms with Crippen LogP contribution in [0.25, 0.3) is 0 Å². The zero-order valence-electron chi connectivity index (χ0n) is 8.43. The highest BCUT2D eigenvalue weighted by atomic mass is 19.2. The van der Waals surface area contributed by atoms with Crippen LogP contribution in [0.4, 0.5) is 18.9 Å². The van der Waals surface area contributed by atoms with Gasteiger partial charge in [0, 0.05) is 13.6 Å². The van der Waals surface area contributed by atoms with Gasteiger partial charge in [0.05, 0.1) is 5.69 Å². The second-order valence-corrected chi connectivity index (χ2v) is 3.26. The van der Waals surface area contributed by atoms with E-state index in [1.165, 1.54) is 11.0 Å². The number of nitrogens with zero attached hydrogens (tertiary/aromatic N) is 1. The van der Waals surface area contributed by atoms with Crippen LogP contribution in [0, 0.1) is 17.5 Å². The summed E-state index contributed by atoms with van der Waals surface area (Å²) in [5, 5.41) is 0. The van der Waals surface area contributed by atoms with Crippen molar-refractivity contribution in [3.8, 4) is 0 Å². The Labute approximate surface area is 86.5 Å². The van der Waals surface area contributed by atoms with Crippen molar-refractivity contribution in [3.05, 3.63) is 29.6 Å². The monoisotopic (exact) mass is 218 g/mol. The first-order valence-electron chi connectivity index (χ1n) is 4.62. The molecule has 1 aromatic carbocycles. The molecule has 84 valence electrons. The van der Waals surface area contributed by atoms with E-state index in [1.807, 2.05) is 0 Å². The van der Waals surface area contributed by atoms with Crippen LogP contribution in [0.1, 0.15) is 6.42 Å². The van der Waals surface area contributed by atoms with E-state index >= 15 is 0 Å². The van der Waals surface area contributed by atoms with Gasteiger partial charge in [-0.2, -0.15) is 0 Å². The van der Waals surface area contributed by atoms with Crippen molar-refractivity contribution in [2.45, 2.75) is 6.42 Å². The quantitative estimate of drug-likeness (QED) is 0.782. The van der Waals surface area contributed by atoms with E-state index in [-0.39, 0.29) is 5.69 Å². The van der Waals surface area contributed by atoms with Crippen molar-refractivity contribution in [3.63, 3.8) is 0 Å². The van der Waals surface area contributed by atoms with Crippen molar-refractivity contribution < 1.29 is 13.2 Å². The molecule has 2 N–H and O–H groups in total. The summed E-state index contributed by atoms with van der Waals surface area (Å²) in [5.74, 6) is -3.77. The summed E-state index contributed by atoms with van der Waals surface area (Å²) in [7, 11) is 1.60. The maximum Gasteiger partial charge on any atom is 0.196 e. The molecule has 0 aliphatic heterocycles. The van der Waals surface area contributed by atoms with Crippen LogP contribution in [0.5, 0.6) is 0 Å². The summed E-state index contributed by atoms with van der Waals surface area (Å²) < 4.78 is 38.7. The van der Waals surface area contributed by atoms with Gasteiger partial charge in [0.25, 0.3) is 0 Å². The molecular formula is C10H13F3N2. The molecule has 0 amide bonds. The van der Waals surface area contributed by atoms with Gasteiger partial charge in [-0.15, -0.1) is 0 Å². The fourth-order valence-electron chi connectivity index (χ4n) is 1.26. The number of hydrogen-bond donors (Lipinski definition) is 1. The molecule has 5 heteroatoms. The lowest BCUT2D eigenvalue weighted by Crippen LogP contribution is -2.22. The molecule has 1 aromatic rings. The van der Waals surface area contributed by atoms with Crippen LogP contribution in [0.15, 0.2) is 12.1 Å². The van der Waals surface area contributed by atoms with Crippen molar-refractivity contribution in [2.24, 2.45) is 5.73 Å². The van der Waals surface area contributed by atoms with Crippen LogP contribution in [-0.2, 0) is 0 Å². The van der Waals surface area contributed by atoms with Crippen molar-refractivity contribution >= 4 is 5.69 Å². The summed E-state index contributed by atoms with van der Waals surface area (Å²) >= 11 is 0. The zero-order valence-corrected chi connectivity index (χ0v) is 8.43. The number of hydrogen-bond acceptors (Lipinski definition) is 2. The minimum Gasteiger partial charge on any atom is -0.372 e. The Morgan fingerprint density at radius 3 is 2.47 bits per heavy atom. The van der Waals surface area contributed by atoms with E-state index < -0.39 is 17.5 Å². The maximum absolute atomic E-state index is 13.3. The predicted octanol–water partition coefficient (Wildman–Crippen LogP) is 1.89. The minimum atomic E-state index is -1.44. The first-order chi connectivity index (χ1) is 7.07. The van der Waals surface area contributed by atoms with E-state index in [0.29, 0.717) is 19.5 Å². The van der Waals surface area contributed by atoms with E-state index in [2.05, 4.69) is 0 Å². The Bertz CT molecular complexity index is 342. The van der Waals surface area contributed by atoms with E-state index in [4.69, 9.17) is 5.73 Å². The molecule has 1 rings (SSSR count). The molecular weight excluding hydrogens is 205 g/mol. The summed E-state index contributed by atoms with van der Waals surface area (Å²) in [6.45, 7) is 0.966. The van der Waals surface area contributed by atoms with Gasteiger partial charge in [-0.25, -0.2) is 13.2 Å². The number of anilines is 1. The minimum absolute atomic E-state index is 0.0438. The molecule has 0 radical (unpaired) electrons. The van der Waals surface area contributed by atoms with Gasteiger partial charge < -0.3 is 10.6 Å². The topological polar surface area (TPSA) is 29.3 Å². The van der Waals surface area contributed by atoms with Gasteiger partial charge in [-0.3, -0.25) is 0 Å². The molecule has 0 unspecified atom stereocenters. The molecule has 0 heterocycles. The first-order valence-corrected chi connectivity index (χ1v) is 4.62. The first kappa shape index (κ1) is 11.8. The van der Waals surface area contributed by atoms with Crippen LogP contribution < -0.4 is 10.6 Å². The summed E-state index contributed by atoms with van der Waals surface area (Å²) in [6, 6.07) is 2.12. The van der Waals surface area contributed by atoms with E-state index in [9.17, 15) is 13.2 Å². The highest BCUT2D eigenvalue weighted by Gasteiger charge is 2.15. The highest BCUT2D eigenvalue weighted by molar-refractivity contribution is 5.47. The predicted molar refractivity (Wildman–Crippen MR) is 53.3 cm³/mol. The van der Waals surface area contributed by atoms with Gasteiger partial charge in [-0.05, 0) is 25.1 Å². The molecule has 0 aliphatic rings. The van der Waals surface area contributed by atoms with Gasteiger partial charge in [0.15, 0.2) is 17.5 Å². The Balaban J connectivity index is 2.90. The van der Waals surface area contributed by atoms with E-state index in [0.717, 1.165) is 6.07 Å². The molecule has 15 heavy (non-hydrogen) atoms. The molecule has 0 aromatic heterocycles. The van der Waals surface area contributed by atoms with Crippen LogP contribution in [-0.4, -0.2) is 20.1 Å². The molecule has 0 saturated carbocycles. The molecule has 2 nitrogen and oxygen atoms in total. The van der Waals surface area contributed by atoms with Gasteiger partial charge in [0.1, 0.15) is 0 Å². The Morgan fingerprint density at radius 1 is 1.20 bits per heavy atom. The third kappa shape index (κ3) is 2.62. The highest BCUT2D eigenvalue weighted by Crippen LogP contribution is 2.22.